The van der Waals surface area contributed by atoms with Gasteiger partial charge in [0.05, 0.1) is 6.61 Å². The number of rotatable bonds is 8. The van der Waals surface area contributed by atoms with E-state index in [1.54, 1.807) is 61.4 Å². The van der Waals surface area contributed by atoms with Crippen molar-refractivity contribution in [2.75, 3.05) is 0 Å². The monoisotopic (exact) mass is 580 g/mol. The Morgan fingerprint density at radius 3 is 2.31 bits per heavy atom. The maximum Gasteiger partial charge on any atom is 0.351 e. The molecule has 0 aliphatic heterocycles. The zero-order valence-corrected chi connectivity index (χ0v) is 21.8. The molecule has 1 N–H and O–H groups in total. The molecule has 32 heavy (non-hydrogen) atoms. The van der Waals surface area contributed by atoms with Crippen molar-refractivity contribution in [3.05, 3.63) is 86.3 Å². The lowest BCUT2D eigenvalue weighted by molar-refractivity contribution is -0.705. The van der Waals surface area contributed by atoms with Crippen molar-refractivity contribution < 1.29 is 36.2 Å². The van der Waals surface area contributed by atoms with Crippen LogP contribution in [-0.2, 0) is 28.2 Å². The van der Waals surface area contributed by atoms with Gasteiger partial charge in [0.25, 0.3) is 0 Å². The van der Waals surface area contributed by atoms with Crippen molar-refractivity contribution >= 4 is 52.4 Å². The van der Waals surface area contributed by atoms with E-state index in [2.05, 4.69) is 0 Å². The van der Waals surface area contributed by atoms with E-state index in [4.69, 9.17) is 51.1 Å². The molecule has 0 amide bonds. The van der Waals surface area contributed by atoms with Gasteiger partial charge in [0.1, 0.15) is 25.0 Å². The second-order valence-electron chi connectivity index (χ2n) is 7.58. The maximum atomic E-state index is 11.6. The molecular formula is C22H21BrCl4N2O3. The summed E-state index contributed by atoms with van der Waals surface area (Å²) in [5.74, 6) is -0.929. The minimum Gasteiger partial charge on any atom is -1.00 e. The molecule has 0 aliphatic carbocycles. The highest BCUT2D eigenvalue weighted by Gasteiger charge is 2.34. The van der Waals surface area contributed by atoms with Gasteiger partial charge >= 0.3 is 5.97 Å². The molecule has 0 radical (unpaired) electrons. The van der Waals surface area contributed by atoms with E-state index in [1.165, 1.54) is 0 Å². The first-order chi connectivity index (χ1) is 14.6. The normalized spacial score (nSPS) is 12.3. The Kier molecular flexibility index (Phi) is 9.46. The fraction of sp³-hybridized carbons (Fsp3) is 0.273. The number of halogens is 5. The molecule has 172 valence electrons. The lowest BCUT2D eigenvalue weighted by Gasteiger charge is -2.19. The summed E-state index contributed by atoms with van der Waals surface area (Å²) in [5, 5.41) is 11.5. The third-order valence-corrected chi connectivity index (χ3v) is 6.15. The van der Waals surface area contributed by atoms with Crippen LogP contribution in [0.1, 0.15) is 31.1 Å². The van der Waals surface area contributed by atoms with Gasteiger partial charge in [0, 0.05) is 25.7 Å². The van der Waals surface area contributed by atoms with Crippen molar-refractivity contribution in [1.29, 1.82) is 0 Å². The molecule has 3 aromatic rings. The highest BCUT2D eigenvalue weighted by molar-refractivity contribution is 6.35. The summed E-state index contributed by atoms with van der Waals surface area (Å²) in [4.78, 5) is 11.6. The Hall–Kier alpha value is -1.28. The van der Waals surface area contributed by atoms with Gasteiger partial charge < -0.3 is 26.8 Å². The zero-order chi connectivity index (χ0) is 22.8. The highest BCUT2D eigenvalue weighted by atomic mass is 79.9. The van der Waals surface area contributed by atoms with Gasteiger partial charge in [-0.3, -0.25) is 0 Å². The predicted octanol–water partition coefficient (Wildman–Crippen LogP) is 3.17. The number of hydrogen-bond acceptors (Lipinski definition) is 2. The smallest absolute Gasteiger partial charge is 0.351 e. The molecule has 0 aliphatic rings. The number of hydrogen-bond donors (Lipinski definition) is 1. The summed E-state index contributed by atoms with van der Waals surface area (Å²) in [7, 11) is 0. The quantitative estimate of drug-likeness (QED) is 0.415. The average molecular weight is 583 g/mol. The van der Waals surface area contributed by atoms with Crippen molar-refractivity contribution in [2.45, 2.75) is 38.6 Å². The summed E-state index contributed by atoms with van der Waals surface area (Å²) in [6.45, 7) is 3.90. The molecule has 0 saturated heterocycles. The average Bonchev–Trinajstić information content (AvgIpc) is 3.16. The van der Waals surface area contributed by atoms with Gasteiger partial charge in [-0.05, 0) is 43.7 Å². The van der Waals surface area contributed by atoms with Gasteiger partial charge in [-0.25, -0.2) is 13.9 Å². The van der Waals surface area contributed by atoms with Gasteiger partial charge in [0.2, 0.25) is 11.9 Å². The van der Waals surface area contributed by atoms with Gasteiger partial charge in [-0.1, -0.05) is 58.5 Å². The molecule has 10 heteroatoms. The van der Waals surface area contributed by atoms with Crippen molar-refractivity contribution in [2.24, 2.45) is 0 Å². The Balaban J connectivity index is 0.00000363. The van der Waals surface area contributed by atoms with Gasteiger partial charge in [0.15, 0.2) is 0 Å². The predicted molar refractivity (Wildman–Crippen MR) is 122 cm³/mol. The first-order valence-corrected chi connectivity index (χ1v) is 10.9. The van der Waals surface area contributed by atoms with Crippen LogP contribution in [0.4, 0.5) is 0 Å². The minimum atomic E-state index is -1.09. The zero-order valence-electron chi connectivity index (χ0n) is 17.2. The largest absolute Gasteiger partial charge is 1.00 e. The molecule has 3 rings (SSSR count). The van der Waals surface area contributed by atoms with Crippen LogP contribution in [0.3, 0.4) is 0 Å². The Morgan fingerprint density at radius 2 is 1.72 bits per heavy atom. The van der Waals surface area contributed by atoms with Crippen LogP contribution in [-0.4, -0.2) is 15.6 Å². The first kappa shape index (κ1) is 27.0. The summed E-state index contributed by atoms with van der Waals surface area (Å²) in [5.41, 5.74) is 0.459. The molecule has 0 fully saturated rings. The maximum absolute atomic E-state index is 11.6. The van der Waals surface area contributed by atoms with E-state index in [-0.39, 0.29) is 23.6 Å². The van der Waals surface area contributed by atoms with Crippen LogP contribution in [0.15, 0.2) is 55.1 Å². The van der Waals surface area contributed by atoms with Crippen LogP contribution in [0.25, 0.3) is 0 Å². The summed E-state index contributed by atoms with van der Waals surface area (Å²) >= 11 is 24.8. The molecule has 0 bridgehead atoms. The number of benzene rings is 2. The van der Waals surface area contributed by atoms with E-state index in [0.717, 1.165) is 11.1 Å². The second-order valence-corrected chi connectivity index (χ2v) is 9.27. The number of ether oxygens (including phenoxy) is 1. The Labute approximate surface area is 217 Å². The number of carboxylic acid groups (broad SMARTS) is 1. The minimum absolute atomic E-state index is 0. The van der Waals surface area contributed by atoms with Crippen LogP contribution >= 0.6 is 46.4 Å². The Bertz CT molecular complexity index is 1100. The molecule has 5 nitrogen and oxygen atoms in total. The van der Waals surface area contributed by atoms with Crippen LogP contribution < -0.4 is 21.5 Å². The first-order valence-electron chi connectivity index (χ1n) is 9.39. The van der Waals surface area contributed by atoms with E-state index in [1.807, 2.05) is 16.7 Å². The number of aromatic nitrogens is 2. The molecule has 1 aromatic heterocycles. The number of imidazole rings is 1. The fourth-order valence-corrected chi connectivity index (χ4v) is 3.96. The van der Waals surface area contributed by atoms with E-state index >= 15 is 0 Å². The van der Waals surface area contributed by atoms with Crippen molar-refractivity contribution in [3.63, 3.8) is 0 Å². The van der Waals surface area contributed by atoms with Gasteiger partial charge in [-0.15, -0.1) is 0 Å². The van der Waals surface area contributed by atoms with Crippen LogP contribution in [0, 0.1) is 0 Å². The van der Waals surface area contributed by atoms with E-state index < -0.39 is 17.6 Å². The van der Waals surface area contributed by atoms with Gasteiger partial charge in [-0.2, -0.15) is 0 Å². The standard InChI is InChI=1S/C22H20Cl4N2O3.BrH/c1-22(2,21(29)30)28-8-7-27(13-28)11-20(17-6-5-16(24)10-19(17)26)31-12-14-3-4-15(23)9-18(14)25;/h3-10,13,20H,11-12H2,1-2H3;1H. The molecule has 1 heterocycles. The number of carboxylic acids is 1. The van der Waals surface area contributed by atoms with E-state index in [9.17, 15) is 9.90 Å². The lowest BCUT2D eigenvalue weighted by atomic mass is 10.1. The number of nitrogens with zero attached hydrogens (tertiary/aromatic N) is 2. The molecule has 0 spiro atoms. The summed E-state index contributed by atoms with van der Waals surface area (Å²) in [6.07, 6.45) is 4.79. The molecule has 1 atom stereocenters. The Morgan fingerprint density at radius 1 is 1.09 bits per heavy atom. The SMILES string of the molecule is CC(C)(C(=O)O)n1cc[n+](CC(OCc2ccc(Cl)cc2Cl)c2ccc(Cl)cc2Cl)c1.[Br-]. The van der Waals surface area contributed by atoms with E-state index in [0.29, 0.717) is 26.6 Å². The fourth-order valence-electron chi connectivity index (χ4n) is 2.97. The summed E-state index contributed by atoms with van der Waals surface area (Å²) < 4.78 is 9.68. The topological polar surface area (TPSA) is 55.3 Å². The summed E-state index contributed by atoms with van der Waals surface area (Å²) in [6, 6.07) is 10.4. The second kappa shape index (κ2) is 11.2. The number of aliphatic carboxylic acids is 1. The van der Waals surface area contributed by atoms with Crippen molar-refractivity contribution in [1.82, 2.24) is 4.57 Å². The molecule has 1 unspecified atom stereocenters. The number of carbonyl (C=O) groups is 1. The molecule has 2 aromatic carbocycles. The lowest BCUT2D eigenvalue weighted by Crippen LogP contribution is -3.00. The van der Waals surface area contributed by atoms with Crippen molar-refractivity contribution in [3.8, 4) is 0 Å². The van der Waals surface area contributed by atoms with Crippen LogP contribution in [0.5, 0.6) is 0 Å². The third-order valence-electron chi connectivity index (χ3n) is 5.00. The van der Waals surface area contributed by atoms with Crippen LogP contribution in [0.2, 0.25) is 20.1 Å². The molecule has 0 saturated carbocycles. The highest BCUT2D eigenvalue weighted by Crippen LogP contribution is 2.31. The molecular weight excluding hydrogens is 562 g/mol. The third kappa shape index (κ3) is 6.40.